The maximum atomic E-state index is 13.9. The SMILES string of the molecule is O=C(Nc1ccccc1F)N1CCS[C@H]1c1cccc(OCc2ccccc2)c1. The molecule has 1 fully saturated rings. The number of carbonyl (C=O) groups is 1. The quantitative estimate of drug-likeness (QED) is 0.590. The predicted molar refractivity (Wildman–Crippen MR) is 115 cm³/mol. The van der Waals surface area contributed by atoms with Gasteiger partial charge in [-0.25, -0.2) is 9.18 Å². The average Bonchev–Trinajstić information content (AvgIpc) is 3.25. The smallest absolute Gasteiger partial charge is 0.323 e. The number of anilines is 1. The maximum Gasteiger partial charge on any atom is 0.323 e. The number of para-hydroxylation sites is 1. The first-order chi connectivity index (χ1) is 14.2. The molecule has 1 heterocycles. The van der Waals surface area contributed by atoms with Crippen molar-refractivity contribution >= 4 is 23.5 Å². The highest BCUT2D eigenvalue weighted by molar-refractivity contribution is 7.99. The van der Waals surface area contributed by atoms with Gasteiger partial charge in [0.15, 0.2) is 0 Å². The molecule has 1 N–H and O–H groups in total. The van der Waals surface area contributed by atoms with Crippen molar-refractivity contribution in [1.29, 1.82) is 0 Å². The van der Waals surface area contributed by atoms with Gasteiger partial charge in [-0.2, -0.15) is 0 Å². The molecule has 0 saturated carbocycles. The number of hydrogen-bond acceptors (Lipinski definition) is 3. The van der Waals surface area contributed by atoms with E-state index in [1.54, 1.807) is 34.9 Å². The summed E-state index contributed by atoms with van der Waals surface area (Å²) in [6.07, 6.45) is 0. The fraction of sp³-hybridized carbons (Fsp3) is 0.174. The summed E-state index contributed by atoms with van der Waals surface area (Å²) in [5.41, 5.74) is 2.27. The molecule has 148 valence electrons. The van der Waals surface area contributed by atoms with Crippen molar-refractivity contribution in [3.8, 4) is 5.75 Å². The summed E-state index contributed by atoms with van der Waals surface area (Å²) in [6.45, 7) is 1.09. The van der Waals surface area contributed by atoms with E-state index in [4.69, 9.17) is 4.74 Å². The summed E-state index contributed by atoms with van der Waals surface area (Å²) in [4.78, 5) is 14.5. The molecule has 2 amide bonds. The van der Waals surface area contributed by atoms with E-state index in [9.17, 15) is 9.18 Å². The highest BCUT2D eigenvalue weighted by Crippen LogP contribution is 2.39. The Labute approximate surface area is 173 Å². The van der Waals surface area contributed by atoms with Gasteiger partial charge in [0.25, 0.3) is 0 Å². The molecule has 0 aliphatic carbocycles. The average molecular weight is 408 g/mol. The van der Waals surface area contributed by atoms with Crippen molar-refractivity contribution in [2.24, 2.45) is 0 Å². The summed E-state index contributed by atoms with van der Waals surface area (Å²) in [7, 11) is 0. The van der Waals surface area contributed by atoms with Crippen LogP contribution in [0.25, 0.3) is 0 Å². The number of carbonyl (C=O) groups excluding carboxylic acids is 1. The Morgan fingerprint density at radius 2 is 1.86 bits per heavy atom. The number of benzene rings is 3. The fourth-order valence-corrected chi connectivity index (χ4v) is 4.45. The van der Waals surface area contributed by atoms with Crippen LogP contribution in [0.2, 0.25) is 0 Å². The summed E-state index contributed by atoms with van der Waals surface area (Å²) in [5, 5.41) is 2.54. The number of ether oxygens (including phenoxy) is 1. The second kappa shape index (κ2) is 9.01. The summed E-state index contributed by atoms with van der Waals surface area (Å²) in [6, 6.07) is 23.7. The molecular formula is C23H21FN2O2S. The van der Waals surface area contributed by atoms with E-state index in [1.165, 1.54) is 6.07 Å². The van der Waals surface area contributed by atoms with Gasteiger partial charge in [-0.15, -0.1) is 11.8 Å². The third-order valence-corrected chi connectivity index (χ3v) is 5.92. The first kappa shape index (κ1) is 19.3. The van der Waals surface area contributed by atoms with E-state index in [1.807, 2.05) is 54.6 Å². The molecule has 4 rings (SSSR count). The largest absolute Gasteiger partial charge is 0.489 e. The molecule has 1 aliphatic rings. The molecule has 0 bridgehead atoms. The third-order valence-electron chi connectivity index (χ3n) is 4.66. The van der Waals surface area contributed by atoms with Crippen LogP contribution in [0.1, 0.15) is 16.5 Å². The van der Waals surface area contributed by atoms with Gasteiger partial charge in [0.05, 0.1) is 5.69 Å². The summed E-state index contributed by atoms with van der Waals surface area (Å²) < 4.78 is 19.8. The molecule has 0 unspecified atom stereocenters. The first-order valence-electron chi connectivity index (χ1n) is 9.41. The van der Waals surface area contributed by atoms with E-state index in [0.29, 0.717) is 13.2 Å². The Morgan fingerprint density at radius 3 is 2.69 bits per heavy atom. The van der Waals surface area contributed by atoms with Crippen LogP contribution >= 0.6 is 11.8 Å². The minimum atomic E-state index is -0.444. The number of amides is 2. The minimum absolute atomic E-state index is 0.137. The zero-order chi connectivity index (χ0) is 20.1. The van der Waals surface area contributed by atoms with Crippen molar-refractivity contribution < 1.29 is 13.9 Å². The van der Waals surface area contributed by atoms with E-state index < -0.39 is 5.82 Å². The van der Waals surface area contributed by atoms with Gasteiger partial charge in [-0.1, -0.05) is 54.6 Å². The molecule has 0 aromatic heterocycles. The van der Waals surface area contributed by atoms with Crippen molar-refractivity contribution in [3.05, 3.63) is 95.8 Å². The Kier molecular flexibility index (Phi) is 6.00. The van der Waals surface area contributed by atoms with Crippen LogP contribution in [0, 0.1) is 5.82 Å². The molecule has 3 aromatic carbocycles. The number of halogens is 1. The third kappa shape index (κ3) is 4.71. The summed E-state index contributed by atoms with van der Waals surface area (Å²) in [5.74, 6) is 1.14. The normalized spacial score (nSPS) is 15.9. The van der Waals surface area contributed by atoms with Crippen LogP contribution < -0.4 is 10.1 Å². The monoisotopic (exact) mass is 408 g/mol. The molecule has 0 spiro atoms. The molecule has 29 heavy (non-hydrogen) atoms. The van der Waals surface area contributed by atoms with Crippen molar-refractivity contribution in [2.45, 2.75) is 12.0 Å². The van der Waals surface area contributed by atoms with Gasteiger partial charge < -0.3 is 15.0 Å². The lowest BCUT2D eigenvalue weighted by atomic mass is 10.2. The molecule has 6 heteroatoms. The maximum absolute atomic E-state index is 13.9. The lowest BCUT2D eigenvalue weighted by Gasteiger charge is -2.25. The van der Waals surface area contributed by atoms with Crippen LogP contribution in [0.5, 0.6) is 5.75 Å². The van der Waals surface area contributed by atoms with Gasteiger partial charge in [0.1, 0.15) is 23.5 Å². The van der Waals surface area contributed by atoms with Gasteiger partial charge >= 0.3 is 6.03 Å². The molecule has 0 radical (unpaired) electrons. The second-order valence-corrected chi connectivity index (χ2v) is 7.86. The minimum Gasteiger partial charge on any atom is -0.489 e. The second-order valence-electron chi connectivity index (χ2n) is 6.67. The van der Waals surface area contributed by atoms with Crippen LogP contribution in [0.3, 0.4) is 0 Å². The van der Waals surface area contributed by atoms with Crippen LogP contribution in [-0.4, -0.2) is 23.2 Å². The van der Waals surface area contributed by atoms with E-state index >= 15 is 0 Å². The van der Waals surface area contributed by atoms with Crippen molar-refractivity contribution in [3.63, 3.8) is 0 Å². The lowest BCUT2D eigenvalue weighted by Crippen LogP contribution is -2.34. The van der Waals surface area contributed by atoms with Gasteiger partial charge in [-0.3, -0.25) is 0 Å². The first-order valence-corrected chi connectivity index (χ1v) is 10.5. The Bertz CT molecular complexity index is 983. The van der Waals surface area contributed by atoms with Crippen LogP contribution in [0.15, 0.2) is 78.9 Å². The van der Waals surface area contributed by atoms with E-state index in [0.717, 1.165) is 22.6 Å². The van der Waals surface area contributed by atoms with E-state index in [-0.39, 0.29) is 17.1 Å². The van der Waals surface area contributed by atoms with Crippen LogP contribution in [0.4, 0.5) is 14.9 Å². The molecular weight excluding hydrogens is 387 g/mol. The number of urea groups is 1. The molecule has 1 atom stereocenters. The predicted octanol–water partition coefficient (Wildman–Crippen LogP) is 5.68. The van der Waals surface area contributed by atoms with Crippen LogP contribution in [-0.2, 0) is 6.61 Å². The Hall–Kier alpha value is -2.99. The number of nitrogens with zero attached hydrogens (tertiary/aromatic N) is 1. The highest BCUT2D eigenvalue weighted by Gasteiger charge is 2.31. The number of thioether (sulfide) groups is 1. The number of rotatable bonds is 5. The summed E-state index contributed by atoms with van der Waals surface area (Å²) >= 11 is 1.69. The van der Waals surface area contributed by atoms with Gasteiger partial charge in [0, 0.05) is 12.3 Å². The number of hydrogen-bond donors (Lipinski definition) is 1. The fourth-order valence-electron chi connectivity index (χ4n) is 3.20. The van der Waals surface area contributed by atoms with Crippen molar-refractivity contribution in [1.82, 2.24) is 4.90 Å². The molecule has 4 nitrogen and oxygen atoms in total. The van der Waals surface area contributed by atoms with Gasteiger partial charge in [-0.05, 0) is 35.4 Å². The molecule has 1 aliphatic heterocycles. The Balaban J connectivity index is 1.45. The molecule has 3 aromatic rings. The lowest BCUT2D eigenvalue weighted by molar-refractivity contribution is 0.214. The molecule has 1 saturated heterocycles. The Morgan fingerprint density at radius 1 is 1.07 bits per heavy atom. The topological polar surface area (TPSA) is 41.6 Å². The highest BCUT2D eigenvalue weighted by atomic mass is 32.2. The van der Waals surface area contributed by atoms with Crippen molar-refractivity contribution in [2.75, 3.05) is 17.6 Å². The zero-order valence-electron chi connectivity index (χ0n) is 15.8. The number of nitrogens with one attached hydrogen (secondary N) is 1. The standard InChI is InChI=1S/C23H21FN2O2S/c24-20-11-4-5-12-21(20)25-23(27)26-13-14-29-22(26)18-9-6-10-19(15-18)28-16-17-7-2-1-3-8-17/h1-12,15,22H,13-14,16H2,(H,25,27)/t22-/m0/s1. The zero-order valence-corrected chi connectivity index (χ0v) is 16.6. The van der Waals surface area contributed by atoms with Gasteiger partial charge in [0.2, 0.25) is 0 Å². The van der Waals surface area contributed by atoms with E-state index in [2.05, 4.69) is 5.32 Å².